The van der Waals surface area contributed by atoms with Gasteiger partial charge >= 0.3 is 0 Å². The lowest BCUT2D eigenvalue weighted by molar-refractivity contribution is -0.119. The minimum atomic E-state index is 0.00125. The van der Waals surface area contributed by atoms with E-state index in [1.54, 1.807) is 13.2 Å². The standard InChI is InChI=1S/C12H20N4O/c1-3-6-16(9-12(17)14-2)11-5-4-10(7-13)15-8-11/h4-5,8H,3,6-7,9,13H2,1-2H3,(H,14,17). The molecule has 0 aliphatic carbocycles. The van der Waals surface area contributed by atoms with Crippen molar-refractivity contribution in [3.8, 4) is 0 Å². The van der Waals surface area contributed by atoms with Crippen LogP contribution in [-0.2, 0) is 11.3 Å². The molecule has 0 atom stereocenters. The Balaban J connectivity index is 2.77. The number of anilines is 1. The SMILES string of the molecule is CCCN(CC(=O)NC)c1ccc(CN)nc1. The molecule has 0 radical (unpaired) electrons. The minimum Gasteiger partial charge on any atom is -0.361 e. The molecule has 0 bridgehead atoms. The topological polar surface area (TPSA) is 71.2 Å². The van der Waals surface area contributed by atoms with E-state index in [2.05, 4.69) is 17.2 Å². The van der Waals surface area contributed by atoms with Gasteiger partial charge in [-0.05, 0) is 18.6 Å². The molecule has 1 rings (SSSR count). The number of nitrogens with zero attached hydrogens (tertiary/aromatic N) is 2. The second-order valence-corrected chi connectivity index (χ2v) is 3.81. The number of carbonyl (C=O) groups is 1. The van der Waals surface area contributed by atoms with Gasteiger partial charge in [-0.25, -0.2) is 0 Å². The molecule has 1 heterocycles. The van der Waals surface area contributed by atoms with Crippen LogP contribution in [0.1, 0.15) is 19.0 Å². The molecule has 0 aliphatic rings. The van der Waals surface area contributed by atoms with Gasteiger partial charge in [0, 0.05) is 20.1 Å². The Morgan fingerprint density at radius 1 is 1.53 bits per heavy atom. The van der Waals surface area contributed by atoms with Crippen LogP contribution in [0.5, 0.6) is 0 Å². The highest BCUT2D eigenvalue weighted by Crippen LogP contribution is 2.13. The zero-order valence-corrected chi connectivity index (χ0v) is 10.4. The number of likely N-dealkylation sites (N-methyl/N-ethyl adjacent to an activating group) is 1. The second-order valence-electron chi connectivity index (χ2n) is 3.81. The summed E-state index contributed by atoms with van der Waals surface area (Å²) in [6, 6.07) is 3.84. The Morgan fingerprint density at radius 3 is 2.76 bits per heavy atom. The molecule has 17 heavy (non-hydrogen) atoms. The van der Waals surface area contributed by atoms with Gasteiger partial charge in [0.05, 0.1) is 24.1 Å². The van der Waals surface area contributed by atoms with E-state index >= 15 is 0 Å². The molecule has 0 unspecified atom stereocenters. The van der Waals surface area contributed by atoms with Crippen molar-refractivity contribution in [2.45, 2.75) is 19.9 Å². The maximum Gasteiger partial charge on any atom is 0.239 e. The van der Waals surface area contributed by atoms with Gasteiger partial charge in [0.2, 0.25) is 5.91 Å². The fourth-order valence-corrected chi connectivity index (χ4v) is 1.55. The number of pyridine rings is 1. The average Bonchev–Trinajstić information content (AvgIpc) is 2.38. The summed E-state index contributed by atoms with van der Waals surface area (Å²) in [6.07, 6.45) is 2.75. The van der Waals surface area contributed by atoms with Gasteiger partial charge in [0.25, 0.3) is 0 Å². The lowest BCUT2D eigenvalue weighted by Crippen LogP contribution is -2.36. The third-order valence-corrected chi connectivity index (χ3v) is 2.49. The predicted octanol–water partition coefficient (Wildman–Crippen LogP) is 0.503. The molecule has 3 N–H and O–H groups in total. The third-order valence-electron chi connectivity index (χ3n) is 2.49. The molecular formula is C12H20N4O. The van der Waals surface area contributed by atoms with Crippen molar-refractivity contribution in [3.63, 3.8) is 0 Å². The Labute approximate surface area is 102 Å². The van der Waals surface area contributed by atoms with Crippen LogP contribution in [0.25, 0.3) is 0 Å². The largest absolute Gasteiger partial charge is 0.361 e. The molecule has 5 nitrogen and oxygen atoms in total. The first-order chi connectivity index (χ1) is 8.21. The number of hydrogen-bond acceptors (Lipinski definition) is 4. The Kier molecular flexibility index (Phi) is 5.42. The Hall–Kier alpha value is -1.62. The number of aromatic nitrogens is 1. The molecule has 0 fully saturated rings. The van der Waals surface area contributed by atoms with E-state index in [4.69, 9.17) is 5.73 Å². The highest BCUT2D eigenvalue weighted by molar-refractivity contribution is 5.80. The molecule has 0 saturated carbocycles. The van der Waals surface area contributed by atoms with Gasteiger partial charge in [-0.15, -0.1) is 0 Å². The number of hydrogen-bond donors (Lipinski definition) is 2. The summed E-state index contributed by atoms with van der Waals surface area (Å²) in [5, 5.41) is 2.63. The van der Waals surface area contributed by atoms with Crippen LogP contribution in [0.4, 0.5) is 5.69 Å². The summed E-state index contributed by atoms with van der Waals surface area (Å²) in [5.74, 6) is 0.00125. The number of amides is 1. The third kappa shape index (κ3) is 4.03. The van der Waals surface area contributed by atoms with Gasteiger partial charge in [-0.1, -0.05) is 6.92 Å². The van der Waals surface area contributed by atoms with Crippen molar-refractivity contribution in [1.82, 2.24) is 10.3 Å². The molecule has 0 aliphatic heterocycles. The van der Waals surface area contributed by atoms with Gasteiger partial charge < -0.3 is 16.0 Å². The van der Waals surface area contributed by atoms with E-state index in [1.807, 2.05) is 17.0 Å². The van der Waals surface area contributed by atoms with Crippen molar-refractivity contribution >= 4 is 11.6 Å². The molecule has 5 heteroatoms. The summed E-state index contributed by atoms with van der Waals surface area (Å²) in [4.78, 5) is 17.6. The van der Waals surface area contributed by atoms with E-state index in [-0.39, 0.29) is 5.91 Å². The van der Waals surface area contributed by atoms with E-state index in [9.17, 15) is 4.79 Å². The number of rotatable bonds is 6. The van der Waals surface area contributed by atoms with Crippen molar-refractivity contribution in [3.05, 3.63) is 24.0 Å². The summed E-state index contributed by atoms with van der Waals surface area (Å²) >= 11 is 0. The van der Waals surface area contributed by atoms with Gasteiger partial charge in [0.1, 0.15) is 0 Å². The molecule has 1 aromatic heterocycles. The van der Waals surface area contributed by atoms with Crippen LogP contribution in [0, 0.1) is 0 Å². The number of nitrogens with one attached hydrogen (secondary N) is 1. The summed E-state index contributed by atoms with van der Waals surface area (Å²) < 4.78 is 0. The van der Waals surface area contributed by atoms with Crippen LogP contribution < -0.4 is 16.0 Å². The molecular weight excluding hydrogens is 216 g/mol. The number of carbonyl (C=O) groups excluding carboxylic acids is 1. The lowest BCUT2D eigenvalue weighted by atomic mass is 10.3. The predicted molar refractivity (Wildman–Crippen MR) is 68.7 cm³/mol. The maximum absolute atomic E-state index is 11.4. The summed E-state index contributed by atoms with van der Waals surface area (Å²) in [7, 11) is 1.64. The van der Waals surface area contributed by atoms with Crippen LogP contribution in [0.3, 0.4) is 0 Å². The van der Waals surface area contributed by atoms with Gasteiger partial charge in [-0.2, -0.15) is 0 Å². The smallest absolute Gasteiger partial charge is 0.239 e. The fourth-order valence-electron chi connectivity index (χ4n) is 1.55. The van der Waals surface area contributed by atoms with E-state index in [0.717, 1.165) is 24.3 Å². The molecule has 94 valence electrons. The average molecular weight is 236 g/mol. The van der Waals surface area contributed by atoms with Crippen LogP contribution in [0.15, 0.2) is 18.3 Å². The molecule has 0 saturated heterocycles. The first-order valence-corrected chi connectivity index (χ1v) is 5.81. The Morgan fingerprint density at radius 2 is 2.29 bits per heavy atom. The van der Waals surface area contributed by atoms with Crippen molar-refractivity contribution in [2.24, 2.45) is 5.73 Å². The van der Waals surface area contributed by atoms with Crippen molar-refractivity contribution in [1.29, 1.82) is 0 Å². The van der Waals surface area contributed by atoms with Crippen molar-refractivity contribution < 1.29 is 4.79 Å². The second kappa shape index (κ2) is 6.85. The lowest BCUT2D eigenvalue weighted by Gasteiger charge is -2.23. The van der Waals surface area contributed by atoms with Crippen LogP contribution in [0.2, 0.25) is 0 Å². The van der Waals surface area contributed by atoms with E-state index in [1.165, 1.54) is 0 Å². The summed E-state index contributed by atoms with van der Waals surface area (Å²) in [6.45, 7) is 3.70. The highest BCUT2D eigenvalue weighted by Gasteiger charge is 2.09. The summed E-state index contributed by atoms with van der Waals surface area (Å²) in [5.41, 5.74) is 7.30. The first kappa shape index (κ1) is 13.4. The zero-order valence-electron chi connectivity index (χ0n) is 10.4. The monoisotopic (exact) mass is 236 g/mol. The minimum absolute atomic E-state index is 0.00125. The van der Waals surface area contributed by atoms with Crippen molar-refractivity contribution in [2.75, 3.05) is 25.0 Å². The Bertz CT molecular complexity index is 350. The maximum atomic E-state index is 11.4. The molecule has 0 aromatic carbocycles. The van der Waals surface area contributed by atoms with Gasteiger partial charge in [0.15, 0.2) is 0 Å². The quantitative estimate of drug-likeness (QED) is 0.754. The first-order valence-electron chi connectivity index (χ1n) is 5.81. The normalized spacial score (nSPS) is 10.1. The molecule has 0 spiro atoms. The highest BCUT2D eigenvalue weighted by atomic mass is 16.1. The van der Waals surface area contributed by atoms with E-state index in [0.29, 0.717) is 13.1 Å². The molecule has 1 aromatic rings. The molecule has 1 amide bonds. The van der Waals surface area contributed by atoms with E-state index < -0.39 is 0 Å². The fraction of sp³-hybridized carbons (Fsp3) is 0.500. The number of nitrogens with two attached hydrogens (primary N) is 1. The van der Waals surface area contributed by atoms with Crippen LogP contribution in [-0.4, -0.2) is 31.0 Å². The van der Waals surface area contributed by atoms with Gasteiger partial charge in [-0.3, -0.25) is 9.78 Å². The van der Waals surface area contributed by atoms with Crippen LogP contribution >= 0.6 is 0 Å². The zero-order chi connectivity index (χ0) is 12.7.